The highest BCUT2D eigenvalue weighted by Gasteiger charge is 2.09. The summed E-state index contributed by atoms with van der Waals surface area (Å²) < 4.78 is 23.4. The molecule has 0 amide bonds. The first-order valence-corrected chi connectivity index (χ1v) is 5.18. The fourth-order valence-corrected chi connectivity index (χ4v) is 1.03. The molecule has 0 saturated heterocycles. The van der Waals surface area contributed by atoms with E-state index in [4.69, 9.17) is 10.9 Å². The quantitative estimate of drug-likeness (QED) is 0.229. The average molecular weight is 195 g/mol. The van der Waals surface area contributed by atoms with Gasteiger partial charge in [0.25, 0.3) is 0 Å². The van der Waals surface area contributed by atoms with Crippen LogP contribution >= 0.6 is 0 Å². The number of oxime groups is 1. The van der Waals surface area contributed by atoms with E-state index in [-0.39, 0.29) is 18.3 Å². The van der Waals surface area contributed by atoms with E-state index < -0.39 is 10.0 Å². The number of amidine groups is 1. The van der Waals surface area contributed by atoms with Gasteiger partial charge in [-0.1, -0.05) is 12.1 Å². The molecule has 72 valence electrons. The van der Waals surface area contributed by atoms with E-state index in [1.165, 1.54) is 0 Å². The van der Waals surface area contributed by atoms with Crippen LogP contribution in [-0.4, -0.2) is 32.3 Å². The van der Waals surface area contributed by atoms with Crippen LogP contribution in [0.3, 0.4) is 0 Å². The SMILES string of the molecule is CC(CNS(C)(=O)=O)C(N)=NO. The summed E-state index contributed by atoms with van der Waals surface area (Å²) in [5.74, 6) is -0.309. The summed E-state index contributed by atoms with van der Waals surface area (Å²) in [5, 5.41) is 11.0. The third-order valence-electron chi connectivity index (χ3n) is 1.27. The zero-order valence-electron chi connectivity index (χ0n) is 6.98. The number of hydrogen-bond donors (Lipinski definition) is 3. The Hall–Kier alpha value is -0.820. The Kier molecular flexibility index (Phi) is 3.98. The predicted molar refractivity (Wildman–Crippen MR) is 45.4 cm³/mol. The van der Waals surface area contributed by atoms with E-state index in [1.54, 1.807) is 6.92 Å². The van der Waals surface area contributed by atoms with Gasteiger partial charge < -0.3 is 10.9 Å². The second-order valence-electron chi connectivity index (χ2n) is 2.55. The third kappa shape index (κ3) is 4.91. The number of nitrogens with one attached hydrogen (secondary N) is 1. The van der Waals surface area contributed by atoms with Crippen molar-refractivity contribution in [3.8, 4) is 0 Å². The van der Waals surface area contributed by atoms with Crippen molar-refractivity contribution in [2.45, 2.75) is 6.92 Å². The van der Waals surface area contributed by atoms with Crippen LogP contribution in [0.5, 0.6) is 0 Å². The lowest BCUT2D eigenvalue weighted by molar-refractivity contribution is 0.314. The summed E-state index contributed by atoms with van der Waals surface area (Å²) in [6.07, 6.45) is 1.05. The molecule has 0 bridgehead atoms. The maximum absolute atomic E-state index is 10.6. The molecule has 0 heterocycles. The lowest BCUT2D eigenvalue weighted by Gasteiger charge is -2.08. The third-order valence-corrected chi connectivity index (χ3v) is 1.96. The molecule has 0 spiro atoms. The van der Waals surface area contributed by atoms with E-state index in [9.17, 15) is 8.42 Å². The van der Waals surface area contributed by atoms with E-state index in [0.717, 1.165) is 6.26 Å². The van der Waals surface area contributed by atoms with E-state index in [0.29, 0.717) is 0 Å². The summed E-state index contributed by atoms with van der Waals surface area (Å²) in [4.78, 5) is 0. The molecule has 0 aliphatic rings. The van der Waals surface area contributed by atoms with Crippen molar-refractivity contribution in [2.24, 2.45) is 16.8 Å². The first kappa shape index (κ1) is 11.2. The average Bonchev–Trinajstić information content (AvgIpc) is 1.97. The molecular weight excluding hydrogens is 182 g/mol. The van der Waals surface area contributed by atoms with Crippen LogP contribution < -0.4 is 10.5 Å². The van der Waals surface area contributed by atoms with Crippen molar-refractivity contribution in [3.05, 3.63) is 0 Å². The smallest absolute Gasteiger partial charge is 0.208 e. The standard InChI is InChI=1S/C5H13N3O3S/c1-4(5(6)8-9)3-7-12(2,10)11/h4,7,9H,3H2,1-2H3,(H2,6,8). The Balaban J connectivity index is 3.97. The summed E-state index contributed by atoms with van der Waals surface area (Å²) in [7, 11) is -3.20. The van der Waals surface area contributed by atoms with Gasteiger partial charge in [0.05, 0.1) is 6.26 Å². The largest absolute Gasteiger partial charge is 0.409 e. The molecule has 0 radical (unpaired) electrons. The van der Waals surface area contributed by atoms with Crippen LogP contribution in [0.25, 0.3) is 0 Å². The molecule has 0 rings (SSSR count). The lowest BCUT2D eigenvalue weighted by Crippen LogP contribution is -2.34. The van der Waals surface area contributed by atoms with Crippen LogP contribution in [0, 0.1) is 5.92 Å². The van der Waals surface area contributed by atoms with Gasteiger partial charge in [0.1, 0.15) is 5.84 Å². The number of hydrogen-bond acceptors (Lipinski definition) is 4. The van der Waals surface area contributed by atoms with Crippen molar-refractivity contribution in [1.29, 1.82) is 0 Å². The van der Waals surface area contributed by atoms with Crippen molar-refractivity contribution in [3.63, 3.8) is 0 Å². The van der Waals surface area contributed by atoms with Crippen molar-refractivity contribution >= 4 is 15.9 Å². The van der Waals surface area contributed by atoms with Gasteiger partial charge in [-0.15, -0.1) is 0 Å². The summed E-state index contributed by atoms with van der Waals surface area (Å²) >= 11 is 0. The van der Waals surface area contributed by atoms with Gasteiger partial charge in [0.15, 0.2) is 0 Å². The summed E-state index contributed by atoms with van der Waals surface area (Å²) in [6.45, 7) is 1.78. The predicted octanol–water partition coefficient (Wildman–Crippen LogP) is -1.08. The Bertz CT molecular complexity index is 259. The van der Waals surface area contributed by atoms with Gasteiger partial charge in [-0.25, -0.2) is 13.1 Å². The molecule has 0 aromatic carbocycles. The highest BCUT2D eigenvalue weighted by atomic mass is 32.2. The summed E-state index contributed by atoms with van der Waals surface area (Å²) in [5.41, 5.74) is 5.21. The molecule has 0 saturated carbocycles. The van der Waals surface area contributed by atoms with Crippen molar-refractivity contribution in [2.75, 3.05) is 12.8 Å². The minimum atomic E-state index is -3.20. The minimum Gasteiger partial charge on any atom is -0.409 e. The van der Waals surface area contributed by atoms with Gasteiger partial charge in [-0.3, -0.25) is 0 Å². The van der Waals surface area contributed by atoms with E-state index in [1.807, 2.05) is 0 Å². The van der Waals surface area contributed by atoms with Crippen molar-refractivity contribution in [1.82, 2.24) is 4.72 Å². The molecule has 12 heavy (non-hydrogen) atoms. The molecule has 7 heteroatoms. The maximum atomic E-state index is 10.6. The van der Waals surface area contributed by atoms with Crippen LogP contribution in [0.1, 0.15) is 6.92 Å². The Labute approximate surface area is 71.5 Å². The normalized spacial score (nSPS) is 16.0. The molecule has 1 unspecified atom stereocenters. The highest BCUT2D eigenvalue weighted by molar-refractivity contribution is 7.88. The van der Waals surface area contributed by atoms with Crippen LogP contribution in [0.4, 0.5) is 0 Å². The van der Waals surface area contributed by atoms with Crippen LogP contribution in [0.2, 0.25) is 0 Å². The minimum absolute atomic E-state index is 0.00569. The second kappa shape index (κ2) is 4.27. The van der Waals surface area contributed by atoms with Gasteiger partial charge in [-0.2, -0.15) is 0 Å². The van der Waals surface area contributed by atoms with Gasteiger partial charge >= 0.3 is 0 Å². The van der Waals surface area contributed by atoms with Gasteiger partial charge in [0.2, 0.25) is 10.0 Å². The second-order valence-corrected chi connectivity index (χ2v) is 4.38. The molecule has 0 aromatic rings. The molecule has 0 aliphatic carbocycles. The first-order valence-electron chi connectivity index (χ1n) is 3.29. The first-order chi connectivity index (χ1) is 5.37. The molecule has 1 atom stereocenters. The lowest BCUT2D eigenvalue weighted by atomic mass is 10.2. The number of rotatable bonds is 4. The van der Waals surface area contributed by atoms with Gasteiger partial charge in [-0.05, 0) is 0 Å². The number of nitrogens with zero attached hydrogens (tertiary/aromatic N) is 1. The number of nitrogens with two attached hydrogens (primary N) is 1. The Morgan fingerprint density at radius 2 is 2.25 bits per heavy atom. The van der Waals surface area contributed by atoms with E-state index >= 15 is 0 Å². The zero-order valence-corrected chi connectivity index (χ0v) is 7.80. The molecular formula is C5H13N3O3S. The molecule has 6 nitrogen and oxygen atoms in total. The molecule has 0 aromatic heterocycles. The topological polar surface area (TPSA) is 105 Å². The monoisotopic (exact) mass is 195 g/mol. The zero-order chi connectivity index (χ0) is 9.78. The van der Waals surface area contributed by atoms with Gasteiger partial charge in [0, 0.05) is 12.5 Å². The van der Waals surface area contributed by atoms with E-state index in [2.05, 4.69) is 9.88 Å². The fraction of sp³-hybridized carbons (Fsp3) is 0.800. The summed E-state index contributed by atoms with van der Waals surface area (Å²) in [6, 6.07) is 0. The number of sulfonamides is 1. The molecule has 4 N–H and O–H groups in total. The Morgan fingerprint density at radius 1 is 1.75 bits per heavy atom. The highest BCUT2D eigenvalue weighted by Crippen LogP contribution is 1.92. The van der Waals surface area contributed by atoms with Crippen molar-refractivity contribution < 1.29 is 13.6 Å². The maximum Gasteiger partial charge on any atom is 0.208 e. The fourth-order valence-electron chi connectivity index (χ4n) is 0.480. The Morgan fingerprint density at radius 3 is 2.58 bits per heavy atom. The van der Waals surface area contributed by atoms with Crippen LogP contribution in [0.15, 0.2) is 5.16 Å². The molecule has 0 fully saturated rings. The van der Waals surface area contributed by atoms with Crippen LogP contribution in [-0.2, 0) is 10.0 Å². The molecule has 0 aliphatic heterocycles.